The van der Waals surface area contributed by atoms with Gasteiger partial charge in [-0.1, -0.05) is 0 Å². The lowest BCUT2D eigenvalue weighted by molar-refractivity contribution is -0.140. The fourth-order valence-corrected chi connectivity index (χ4v) is 1.18. The number of carbonyl (C=O) groups is 1. The van der Waals surface area contributed by atoms with Gasteiger partial charge in [0.25, 0.3) is 0 Å². The standard InChI is InChI=1S/C11H8F4O2/c1-6(16)4-10(17)7-2-3-9(12)8(5-7)11(13,14)15/h2-5,17H,1H3. The molecule has 1 aromatic rings. The molecule has 0 aliphatic heterocycles. The van der Waals surface area contributed by atoms with E-state index in [-0.39, 0.29) is 5.56 Å². The van der Waals surface area contributed by atoms with Gasteiger partial charge in [-0.2, -0.15) is 13.2 Å². The normalized spacial score (nSPS) is 12.6. The number of ketones is 1. The molecule has 0 fully saturated rings. The van der Waals surface area contributed by atoms with Crippen LogP contribution in [0.3, 0.4) is 0 Å². The van der Waals surface area contributed by atoms with E-state index in [1.807, 2.05) is 0 Å². The topological polar surface area (TPSA) is 37.3 Å². The monoisotopic (exact) mass is 248 g/mol. The third kappa shape index (κ3) is 3.30. The van der Waals surface area contributed by atoms with Crippen molar-refractivity contribution in [1.29, 1.82) is 0 Å². The Hall–Kier alpha value is -1.85. The van der Waals surface area contributed by atoms with Crippen LogP contribution < -0.4 is 0 Å². The second-order valence-electron chi connectivity index (χ2n) is 3.33. The lowest BCUT2D eigenvalue weighted by Crippen LogP contribution is -2.08. The van der Waals surface area contributed by atoms with Crippen molar-refractivity contribution < 1.29 is 27.5 Å². The molecule has 0 saturated heterocycles. The zero-order valence-electron chi connectivity index (χ0n) is 8.68. The number of aliphatic hydroxyl groups is 1. The maximum Gasteiger partial charge on any atom is 0.419 e. The Kier molecular flexibility index (Phi) is 3.55. The van der Waals surface area contributed by atoms with Crippen molar-refractivity contribution in [2.45, 2.75) is 13.1 Å². The van der Waals surface area contributed by atoms with Gasteiger partial charge in [0, 0.05) is 11.6 Å². The predicted molar refractivity (Wildman–Crippen MR) is 52.7 cm³/mol. The third-order valence-electron chi connectivity index (χ3n) is 1.91. The van der Waals surface area contributed by atoms with Crippen molar-refractivity contribution in [1.82, 2.24) is 0 Å². The van der Waals surface area contributed by atoms with E-state index in [1.54, 1.807) is 0 Å². The molecule has 0 aliphatic carbocycles. The molecule has 0 bridgehead atoms. The van der Waals surface area contributed by atoms with E-state index in [1.165, 1.54) is 0 Å². The first-order valence-corrected chi connectivity index (χ1v) is 4.50. The average molecular weight is 248 g/mol. The first-order valence-electron chi connectivity index (χ1n) is 4.50. The molecule has 1 rings (SSSR count). The number of halogens is 4. The van der Waals surface area contributed by atoms with Crippen molar-refractivity contribution >= 4 is 11.5 Å². The van der Waals surface area contributed by atoms with Crippen LogP contribution in [0, 0.1) is 5.82 Å². The second kappa shape index (κ2) is 4.57. The average Bonchev–Trinajstić information content (AvgIpc) is 2.15. The quantitative estimate of drug-likeness (QED) is 0.495. The van der Waals surface area contributed by atoms with Gasteiger partial charge in [0.05, 0.1) is 5.56 Å². The molecule has 17 heavy (non-hydrogen) atoms. The minimum Gasteiger partial charge on any atom is -0.507 e. The van der Waals surface area contributed by atoms with Gasteiger partial charge in [0.15, 0.2) is 5.78 Å². The Morgan fingerprint density at radius 2 is 1.94 bits per heavy atom. The lowest BCUT2D eigenvalue weighted by Gasteiger charge is -2.09. The van der Waals surface area contributed by atoms with Crippen LogP contribution in [0.4, 0.5) is 17.6 Å². The minimum absolute atomic E-state index is 0.270. The summed E-state index contributed by atoms with van der Waals surface area (Å²) in [5.74, 6) is -2.60. The summed E-state index contributed by atoms with van der Waals surface area (Å²) in [5.41, 5.74) is -1.76. The minimum atomic E-state index is -4.85. The van der Waals surface area contributed by atoms with E-state index < -0.39 is 29.1 Å². The molecule has 0 heterocycles. The van der Waals surface area contributed by atoms with Crippen LogP contribution in [0.2, 0.25) is 0 Å². The molecule has 1 N–H and O–H groups in total. The van der Waals surface area contributed by atoms with Gasteiger partial charge in [-0.3, -0.25) is 4.79 Å². The summed E-state index contributed by atoms with van der Waals surface area (Å²) in [6.45, 7) is 1.13. The van der Waals surface area contributed by atoms with E-state index in [9.17, 15) is 27.5 Å². The van der Waals surface area contributed by atoms with Gasteiger partial charge < -0.3 is 5.11 Å². The highest BCUT2D eigenvalue weighted by Crippen LogP contribution is 2.32. The van der Waals surface area contributed by atoms with Crippen LogP contribution in [0.1, 0.15) is 18.1 Å². The first kappa shape index (κ1) is 13.2. The Bertz CT molecular complexity index is 475. The fourth-order valence-electron chi connectivity index (χ4n) is 1.18. The van der Waals surface area contributed by atoms with E-state index in [0.717, 1.165) is 19.1 Å². The number of hydrogen-bond donors (Lipinski definition) is 1. The van der Waals surface area contributed by atoms with Crippen LogP contribution >= 0.6 is 0 Å². The van der Waals surface area contributed by atoms with Crippen molar-refractivity contribution in [2.24, 2.45) is 0 Å². The van der Waals surface area contributed by atoms with Crippen LogP contribution in [-0.2, 0) is 11.0 Å². The number of carbonyl (C=O) groups excluding carboxylic acids is 1. The number of allylic oxidation sites excluding steroid dienone is 1. The van der Waals surface area contributed by atoms with E-state index in [4.69, 9.17) is 0 Å². The van der Waals surface area contributed by atoms with E-state index >= 15 is 0 Å². The zero-order valence-corrected chi connectivity index (χ0v) is 8.68. The summed E-state index contributed by atoms with van der Waals surface area (Å²) in [6, 6.07) is 1.99. The van der Waals surface area contributed by atoms with Crippen LogP contribution in [0.15, 0.2) is 24.3 Å². The van der Waals surface area contributed by atoms with Crippen LogP contribution in [0.25, 0.3) is 5.76 Å². The molecule has 0 aliphatic rings. The lowest BCUT2D eigenvalue weighted by atomic mass is 10.1. The van der Waals surface area contributed by atoms with Crippen molar-refractivity contribution in [3.05, 3.63) is 41.2 Å². The molecule has 0 atom stereocenters. The molecule has 0 aromatic heterocycles. The number of hydrogen-bond acceptors (Lipinski definition) is 2. The third-order valence-corrected chi connectivity index (χ3v) is 1.91. The molecular weight excluding hydrogens is 240 g/mol. The maximum atomic E-state index is 12.9. The van der Waals surface area contributed by atoms with Crippen LogP contribution in [0.5, 0.6) is 0 Å². The summed E-state index contributed by atoms with van der Waals surface area (Å²) in [4.78, 5) is 10.6. The van der Waals surface area contributed by atoms with Gasteiger partial charge in [-0.05, 0) is 25.1 Å². The summed E-state index contributed by atoms with van der Waals surface area (Å²) in [6.07, 6.45) is -4.09. The number of aliphatic hydroxyl groups excluding tert-OH is 1. The van der Waals surface area contributed by atoms with E-state index in [2.05, 4.69) is 0 Å². The predicted octanol–water partition coefficient (Wildman–Crippen LogP) is 3.33. The number of benzene rings is 1. The molecular formula is C11H8F4O2. The Balaban J connectivity index is 3.27. The van der Waals surface area contributed by atoms with Gasteiger partial charge >= 0.3 is 6.18 Å². The molecule has 0 spiro atoms. The molecule has 0 saturated carbocycles. The first-order chi connectivity index (χ1) is 7.71. The maximum absolute atomic E-state index is 12.9. The number of alkyl halides is 3. The smallest absolute Gasteiger partial charge is 0.419 e. The van der Waals surface area contributed by atoms with E-state index in [0.29, 0.717) is 12.1 Å². The Morgan fingerprint density at radius 3 is 2.41 bits per heavy atom. The molecule has 2 nitrogen and oxygen atoms in total. The summed E-state index contributed by atoms with van der Waals surface area (Å²) < 4.78 is 49.9. The van der Waals surface area contributed by atoms with Gasteiger partial charge in [0.1, 0.15) is 11.6 Å². The SMILES string of the molecule is CC(=O)C=C(O)c1ccc(F)c(C(F)(F)F)c1. The van der Waals surface area contributed by atoms with Crippen molar-refractivity contribution in [3.63, 3.8) is 0 Å². The summed E-state index contributed by atoms with van der Waals surface area (Å²) in [7, 11) is 0. The zero-order chi connectivity index (χ0) is 13.2. The van der Waals surface area contributed by atoms with Crippen LogP contribution in [-0.4, -0.2) is 10.9 Å². The van der Waals surface area contributed by atoms with Gasteiger partial charge in [0.2, 0.25) is 0 Å². The largest absolute Gasteiger partial charge is 0.507 e. The number of rotatable bonds is 2. The molecule has 1 aromatic carbocycles. The van der Waals surface area contributed by atoms with Crippen molar-refractivity contribution in [3.8, 4) is 0 Å². The Morgan fingerprint density at radius 1 is 1.35 bits per heavy atom. The highest BCUT2D eigenvalue weighted by atomic mass is 19.4. The highest BCUT2D eigenvalue weighted by Gasteiger charge is 2.34. The fraction of sp³-hybridized carbons (Fsp3) is 0.182. The van der Waals surface area contributed by atoms with Crippen molar-refractivity contribution in [2.75, 3.05) is 0 Å². The molecule has 0 amide bonds. The highest BCUT2D eigenvalue weighted by molar-refractivity contribution is 5.93. The summed E-state index contributed by atoms with van der Waals surface area (Å²) in [5, 5.41) is 9.32. The molecule has 6 heteroatoms. The second-order valence-corrected chi connectivity index (χ2v) is 3.33. The molecule has 0 unspecified atom stereocenters. The summed E-state index contributed by atoms with van der Waals surface area (Å²) >= 11 is 0. The van der Waals surface area contributed by atoms with Gasteiger partial charge in [-0.15, -0.1) is 0 Å². The Labute approximate surface area is 94.2 Å². The molecule has 0 radical (unpaired) electrons. The van der Waals surface area contributed by atoms with Gasteiger partial charge in [-0.25, -0.2) is 4.39 Å². The molecule has 92 valence electrons.